The maximum atomic E-state index is 13.0. The standard InChI is InChI=1S/C20H20ClN5O2S/c1-14-18(29-17(24-14)13-28-16-5-3-15(21)4-6-16)19(27)25-9-11-26(12-10-25)20-22-7-2-8-23-20/h2-8H,9-13H2,1H3. The van der Waals surface area contributed by atoms with Crippen molar-refractivity contribution < 1.29 is 9.53 Å². The molecule has 0 N–H and O–H groups in total. The Bertz CT molecular complexity index is 972. The first-order valence-electron chi connectivity index (χ1n) is 9.26. The first kappa shape index (κ1) is 19.6. The van der Waals surface area contributed by atoms with Crippen molar-refractivity contribution in [2.75, 3.05) is 31.1 Å². The number of thiazole rings is 1. The molecule has 7 nitrogen and oxygen atoms in total. The number of rotatable bonds is 5. The normalized spacial score (nSPS) is 14.1. The minimum Gasteiger partial charge on any atom is -0.486 e. The van der Waals surface area contributed by atoms with E-state index in [2.05, 4.69) is 19.9 Å². The van der Waals surface area contributed by atoms with Crippen molar-refractivity contribution in [1.29, 1.82) is 0 Å². The summed E-state index contributed by atoms with van der Waals surface area (Å²) in [6.45, 7) is 4.86. The number of benzene rings is 1. The smallest absolute Gasteiger partial charge is 0.265 e. The van der Waals surface area contributed by atoms with Gasteiger partial charge in [0, 0.05) is 43.6 Å². The lowest BCUT2D eigenvalue weighted by molar-refractivity contribution is 0.0750. The molecule has 0 unspecified atom stereocenters. The molecule has 4 rings (SSSR count). The van der Waals surface area contributed by atoms with Crippen LogP contribution in [0.2, 0.25) is 5.02 Å². The molecule has 0 bridgehead atoms. The van der Waals surface area contributed by atoms with Gasteiger partial charge in [-0.1, -0.05) is 11.6 Å². The summed E-state index contributed by atoms with van der Waals surface area (Å²) in [6, 6.07) is 8.97. The molecule has 1 fully saturated rings. The molecule has 0 radical (unpaired) electrons. The quantitative estimate of drug-likeness (QED) is 0.618. The summed E-state index contributed by atoms with van der Waals surface area (Å²) in [4.78, 5) is 30.7. The van der Waals surface area contributed by atoms with E-state index in [1.807, 2.05) is 24.0 Å². The molecule has 0 spiro atoms. The van der Waals surface area contributed by atoms with Crippen LogP contribution in [0.15, 0.2) is 42.7 Å². The highest BCUT2D eigenvalue weighted by Crippen LogP contribution is 2.23. The number of ether oxygens (including phenoxy) is 1. The van der Waals surface area contributed by atoms with E-state index in [-0.39, 0.29) is 5.91 Å². The fourth-order valence-corrected chi connectivity index (χ4v) is 4.17. The van der Waals surface area contributed by atoms with Crippen molar-refractivity contribution in [3.05, 3.63) is 63.3 Å². The van der Waals surface area contributed by atoms with Gasteiger partial charge in [0.1, 0.15) is 22.2 Å². The van der Waals surface area contributed by atoms with Crippen LogP contribution in [0.25, 0.3) is 0 Å². The Balaban J connectivity index is 1.36. The SMILES string of the molecule is Cc1nc(COc2ccc(Cl)cc2)sc1C(=O)N1CCN(c2ncccn2)CC1. The van der Waals surface area contributed by atoms with Gasteiger partial charge in [-0.05, 0) is 37.3 Å². The Morgan fingerprint density at radius 1 is 1.14 bits per heavy atom. The first-order chi connectivity index (χ1) is 14.1. The number of hydrogen-bond acceptors (Lipinski definition) is 7. The van der Waals surface area contributed by atoms with E-state index in [0.29, 0.717) is 48.6 Å². The van der Waals surface area contributed by atoms with Crippen molar-refractivity contribution in [2.45, 2.75) is 13.5 Å². The molecule has 1 saturated heterocycles. The second kappa shape index (κ2) is 8.75. The highest BCUT2D eigenvalue weighted by molar-refractivity contribution is 7.13. The summed E-state index contributed by atoms with van der Waals surface area (Å²) >= 11 is 7.28. The molecule has 1 aliphatic rings. The van der Waals surface area contributed by atoms with Crippen molar-refractivity contribution in [3.63, 3.8) is 0 Å². The Morgan fingerprint density at radius 3 is 2.52 bits per heavy atom. The molecule has 150 valence electrons. The van der Waals surface area contributed by atoms with E-state index in [1.165, 1.54) is 11.3 Å². The fourth-order valence-electron chi connectivity index (χ4n) is 3.10. The molecule has 0 saturated carbocycles. The lowest BCUT2D eigenvalue weighted by Gasteiger charge is -2.34. The van der Waals surface area contributed by atoms with Gasteiger partial charge in [-0.2, -0.15) is 0 Å². The molecule has 0 aliphatic carbocycles. The van der Waals surface area contributed by atoms with Crippen LogP contribution in [-0.4, -0.2) is 51.9 Å². The first-order valence-corrected chi connectivity index (χ1v) is 10.5. The van der Waals surface area contributed by atoms with Crippen LogP contribution >= 0.6 is 22.9 Å². The zero-order chi connectivity index (χ0) is 20.2. The van der Waals surface area contributed by atoms with E-state index in [1.54, 1.807) is 30.6 Å². The summed E-state index contributed by atoms with van der Waals surface area (Å²) in [7, 11) is 0. The molecule has 1 aromatic carbocycles. The minimum atomic E-state index is 0.0198. The number of carbonyl (C=O) groups excluding carboxylic acids is 1. The molecule has 3 heterocycles. The van der Waals surface area contributed by atoms with Crippen LogP contribution in [0.5, 0.6) is 5.75 Å². The topological polar surface area (TPSA) is 71.5 Å². The number of hydrogen-bond donors (Lipinski definition) is 0. The van der Waals surface area contributed by atoms with Gasteiger partial charge < -0.3 is 14.5 Å². The summed E-state index contributed by atoms with van der Waals surface area (Å²) in [5, 5.41) is 1.44. The number of aromatic nitrogens is 3. The second-order valence-electron chi connectivity index (χ2n) is 6.59. The average Bonchev–Trinajstić information content (AvgIpc) is 3.14. The third-order valence-corrected chi connectivity index (χ3v) is 5.98. The number of piperazine rings is 1. The second-order valence-corrected chi connectivity index (χ2v) is 8.11. The minimum absolute atomic E-state index is 0.0198. The van der Waals surface area contributed by atoms with Gasteiger partial charge >= 0.3 is 0 Å². The van der Waals surface area contributed by atoms with E-state index < -0.39 is 0 Å². The number of carbonyl (C=O) groups is 1. The van der Waals surface area contributed by atoms with Gasteiger partial charge in [0.2, 0.25) is 5.95 Å². The molecule has 1 aliphatic heterocycles. The van der Waals surface area contributed by atoms with Crippen molar-refractivity contribution in [1.82, 2.24) is 19.9 Å². The van der Waals surface area contributed by atoms with Crippen molar-refractivity contribution >= 4 is 34.8 Å². The molecule has 1 amide bonds. The molecule has 3 aromatic rings. The van der Waals surface area contributed by atoms with Crippen LogP contribution in [0.4, 0.5) is 5.95 Å². The summed E-state index contributed by atoms with van der Waals surface area (Å²) in [5.74, 6) is 1.44. The van der Waals surface area contributed by atoms with Crippen molar-refractivity contribution in [3.8, 4) is 5.75 Å². The van der Waals surface area contributed by atoms with Crippen LogP contribution in [0, 0.1) is 6.92 Å². The maximum absolute atomic E-state index is 13.0. The van der Waals surface area contributed by atoms with Crippen LogP contribution < -0.4 is 9.64 Å². The van der Waals surface area contributed by atoms with Gasteiger partial charge in [-0.15, -0.1) is 11.3 Å². The number of amides is 1. The zero-order valence-electron chi connectivity index (χ0n) is 15.9. The lowest BCUT2D eigenvalue weighted by atomic mass is 10.3. The largest absolute Gasteiger partial charge is 0.486 e. The van der Waals surface area contributed by atoms with Gasteiger partial charge in [-0.3, -0.25) is 4.79 Å². The Kier molecular flexibility index (Phi) is 5.92. The Hall–Kier alpha value is -2.71. The molecular formula is C20H20ClN5O2S. The highest BCUT2D eigenvalue weighted by atomic mass is 35.5. The van der Waals surface area contributed by atoms with Crippen LogP contribution in [0.3, 0.4) is 0 Å². The van der Waals surface area contributed by atoms with Gasteiger partial charge in [0.15, 0.2) is 0 Å². The zero-order valence-corrected chi connectivity index (χ0v) is 17.5. The predicted molar refractivity (Wildman–Crippen MR) is 113 cm³/mol. The number of aryl methyl sites for hydroxylation is 1. The summed E-state index contributed by atoms with van der Waals surface area (Å²) in [5.41, 5.74) is 0.739. The lowest BCUT2D eigenvalue weighted by Crippen LogP contribution is -2.49. The number of nitrogens with zero attached hydrogens (tertiary/aromatic N) is 5. The monoisotopic (exact) mass is 429 g/mol. The fraction of sp³-hybridized carbons (Fsp3) is 0.300. The summed E-state index contributed by atoms with van der Waals surface area (Å²) < 4.78 is 5.75. The maximum Gasteiger partial charge on any atom is 0.265 e. The molecule has 9 heteroatoms. The summed E-state index contributed by atoms with van der Waals surface area (Å²) in [6.07, 6.45) is 3.46. The molecular weight excluding hydrogens is 410 g/mol. The Labute approximate surface area is 177 Å². The van der Waals surface area contributed by atoms with E-state index >= 15 is 0 Å². The van der Waals surface area contributed by atoms with Crippen LogP contribution in [0.1, 0.15) is 20.4 Å². The number of halogens is 1. The predicted octanol–water partition coefficient (Wildman–Crippen LogP) is 3.44. The average molecular weight is 430 g/mol. The van der Waals surface area contributed by atoms with Crippen molar-refractivity contribution in [2.24, 2.45) is 0 Å². The van der Waals surface area contributed by atoms with E-state index in [4.69, 9.17) is 16.3 Å². The molecule has 0 atom stereocenters. The van der Waals surface area contributed by atoms with E-state index in [0.717, 1.165) is 16.5 Å². The van der Waals surface area contributed by atoms with Crippen LogP contribution in [-0.2, 0) is 6.61 Å². The third-order valence-electron chi connectivity index (χ3n) is 4.61. The Morgan fingerprint density at radius 2 is 1.83 bits per heavy atom. The van der Waals surface area contributed by atoms with Gasteiger partial charge in [0.25, 0.3) is 5.91 Å². The third kappa shape index (κ3) is 4.65. The van der Waals surface area contributed by atoms with Gasteiger partial charge in [-0.25, -0.2) is 15.0 Å². The highest BCUT2D eigenvalue weighted by Gasteiger charge is 2.26. The molecule has 2 aromatic heterocycles. The molecule has 29 heavy (non-hydrogen) atoms. The van der Waals surface area contributed by atoms with Gasteiger partial charge in [0.05, 0.1) is 5.69 Å². The van der Waals surface area contributed by atoms with E-state index in [9.17, 15) is 4.79 Å². The number of anilines is 1.